The number of phosphoric acid groups is 2. The normalized spacial score (nSPS) is 13.1. The minimum atomic E-state index is -4.75. The van der Waals surface area contributed by atoms with E-state index in [9.17, 15) is 14.2 Å². The van der Waals surface area contributed by atoms with Gasteiger partial charge in [0.25, 0.3) is 0 Å². The molecule has 2 heterocycles. The maximum absolute atomic E-state index is 11.0. The summed E-state index contributed by atoms with van der Waals surface area (Å²) in [6.07, 6.45) is 4.35. The molecule has 0 atom stereocenters. The van der Waals surface area contributed by atoms with Crippen LogP contribution in [-0.4, -0.2) is 52.0 Å². The lowest BCUT2D eigenvalue weighted by Gasteiger charge is -2.13. The first-order valence-electron chi connectivity index (χ1n) is 8.00. The summed E-state index contributed by atoms with van der Waals surface area (Å²) in [7, 11) is -9.48. The summed E-state index contributed by atoms with van der Waals surface area (Å²) in [5.41, 5.74) is 1.49. The molecule has 13 nitrogen and oxygen atoms in total. The molecule has 0 saturated heterocycles. The molecule has 0 fully saturated rings. The van der Waals surface area contributed by atoms with Crippen LogP contribution >= 0.6 is 15.6 Å². The molecule has 6 N–H and O–H groups in total. The third-order valence-corrected chi connectivity index (χ3v) is 4.56. The third-order valence-electron chi connectivity index (χ3n) is 3.63. The van der Waals surface area contributed by atoms with Crippen molar-refractivity contribution in [3.8, 4) is 5.75 Å². The Morgan fingerprint density at radius 3 is 2.45 bits per heavy atom. The molecule has 0 aliphatic rings. The number of aromatic hydroxyl groups is 1. The highest BCUT2D eigenvalue weighted by molar-refractivity contribution is 7.46. The summed E-state index contributed by atoms with van der Waals surface area (Å²) >= 11 is 0. The Balaban J connectivity index is 2.28. The smallest absolute Gasteiger partial charge is 0.469 e. The Hall–Kier alpha value is -1.95. The standard InChI is InChI=1S/C14H20N4O9P2/c1-9-14(19)13(10(3-16-9)6-26-28(20,21)22)5-17-12(7-27-29(23,24)25)2-11-4-15-8-18-11/h3-4,8,19H,2,5-7H2,1H3,(H,15,18)(H2,20,21,22)(H2,23,24,25). The zero-order valence-corrected chi connectivity index (χ0v) is 17.0. The predicted molar refractivity (Wildman–Crippen MR) is 98.9 cm³/mol. The average molecular weight is 450 g/mol. The molecule has 2 rings (SSSR count). The van der Waals surface area contributed by atoms with Crippen LogP contribution in [0.4, 0.5) is 0 Å². The lowest BCUT2D eigenvalue weighted by atomic mass is 10.1. The van der Waals surface area contributed by atoms with Gasteiger partial charge in [-0.1, -0.05) is 0 Å². The van der Waals surface area contributed by atoms with Crippen LogP contribution in [0.1, 0.15) is 22.5 Å². The second-order valence-corrected chi connectivity index (χ2v) is 8.34. The number of hydrogen-bond donors (Lipinski definition) is 6. The van der Waals surface area contributed by atoms with E-state index < -0.39 is 28.9 Å². The summed E-state index contributed by atoms with van der Waals surface area (Å²) in [6.45, 7) is 0.342. The quantitative estimate of drug-likeness (QED) is 0.219. The van der Waals surface area contributed by atoms with E-state index in [0.717, 1.165) is 0 Å². The minimum absolute atomic E-state index is 0.138. The van der Waals surface area contributed by atoms with Crippen molar-refractivity contribution >= 4 is 21.4 Å². The highest BCUT2D eigenvalue weighted by Crippen LogP contribution is 2.38. The zero-order chi connectivity index (χ0) is 21.7. The Bertz CT molecular complexity index is 952. The number of nitrogens with one attached hydrogen (secondary N) is 1. The number of nitrogens with zero attached hydrogens (tertiary/aromatic N) is 3. The van der Waals surface area contributed by atoms with Crippen LogP contribution in [0.15, 0.2) is 23.7 Å². The van der Waals surface area contributed by atoms with Gasteiger partial charge < -0.3 is 29.7 Å². The van der Waals surface area contributed by atoms with Crippen molar-refractivity contribution in [2.45, 2.75) is 26.5 Å². The second kappa shape index (κ2) is 9.70. The minimum Gasteiger partial charge on any atom is -0.506 e. The molecule has 0 unspecified atom stereocenters. The lowest BCUT2D eigenvalue weighted by Crippen LogP contribution is -2.13. The molecule has 0 aliphatic heterocycles. The van der Waals surface area contributed by atoms with Gasteiger partial charge in [-0.05, 0) is 6.92 Å². The number of aliphatic imine (C=N–C) groups is 1. The Kier molecular flexibility index (Phi) is 7.80. The number of pyridine rings is 1. The SMILES string of the molecule is Cc1ncc(COP(=O)(O)O)c(CN=C(COP(=O)(O)O)Cc2cnc[nH]2)c1O. The molecule has 0 bridgehead atoms. The van der Waals surface area contributed by atoms with Crippen molar-refractivity contribution in [3.05, 3.63) is 41.2 Å². The van der Waals surface area contributed by atoms with E-state index in [0.29, 0.717) is 5.69 Å². The van der Waals surface area contributed by atoms with Gasteiger partial charge in [0.15, 0.2) is 0 Å². The van der Waals surface area contributed by atoms with Crippen molar-refractivity contribution in [1.29, 1.82) is 0 Å². The van der Waals surface area contributed by atoms with E-state index in [-0.39, 0.29) is 41.2 Å². The van der Waals surface area contributed by atoms with E-state index in [1.807, 2.05) is 0 Å². The van der Waals surface area contributed by atoms with Gasteiger partial charge >= 0.3 is 15.6 Å². The van der Waals surface area contributed by atoms with Crippen molar-refractivity contribution in [2.24, 2.45) is 4.99 Å². The van der Waals surface area contributed by atoms with Gasteiger partial charge in [0.05, 0.1) is 31.8 Å². The van der Waals surface area contributed by atoms with Crippen LogP contribution in [0.25, 0.3) is 0 Å². The van der Waals surface area contributed by atoms with Gasteiger partial charge in [0, 0.05) is 41.3 Å². The Labute approximate surface area is 165 Å². The molecule has 2 aromatic rings. The third kappa shape index (κ3) is 8.13. The van der Waals surface area contributed by atoms with Crippen LogP contribution in [0, 0.1) is 6.92 Å². The molecule has 0 spiro atoms. The number of H-pyrrole nitrogens is 1. The van der Waals surface area contributed by atoms with Gasteiger partial charge in [0.2, 0.25) is 0 Å². The average Bonchev–Trinajstić information content (AvgIpc) is 3.11. The van der Waals surface area contributed by atoms with E-state index >= 15 is 0 Å². The molecule has 29 heavy (non-hydrogen) atoms. The molecule has 0 saturated carbocycles. The van der Waals surface area contributed by atoms with E-state index in [4.69, 9.17) is 19.6 Å². The number of imidazole rings is 1. The molecule has 0 aliphatic carbocycles. The Morgan fingerprint density at radius 2 is 1.86 bits per heavy atom. The molecular weight excluding hydrogens is 430 g/mol. The summed E-state index contributed by atoms with van der Waals surface area (Å²) in [5.74, 6) is -0.239. The largest absolute Gasteiger partial charge is 0.506 e. The zero-order valence-electron chi connectivity index (χ0n) is 15.2. The van der Waals surface area contributed by atoms with Crippen molar-refractivity contribution in [3.63, 3.8) is 0 Å². The number of rotatable bonds is 10. The highest BCUT2D eigenvalue weighted by atomic mass is 31.2. The van der Waals surface area contributed by atoms with Crippen LogP contribution < -0.4 is 0 Å². The summed E-state index contributed by atoms with van der Waals surface area (Å²) in [4.78, 5) is 50.4. The van der Waals surface area contributed by atoms with E-state index in [1.165, 1.54) is 25.6 Å². The molecule has 0 amide bonds. The van der Waals surface area contributed by atoms with E-state index in [1.54, 1.807) is 0 Å². The molecular formula is C14H20N4O9P2. The maximum atomic E-state index is 11.0. The Morgan fingerprint density at radius 1 is 1.17 bits per heavy atom. The van der Waals surface area contributed by atoms with Crippen molar-refractivity contribution in [2.75, 3.05) is 6.61 Å². The second-order valence-electron chi connectivity index (χ2n) is 5.86. The van der Waals surface area contributed by atoms with Gasteiger partial charge in [-0.2, -0.15) is 0 Å². The molecule has 160 valence electrons. The summed E-state index contributed by atoms with van der Waals surface area (Å²) in [6, 6.07) is 0. The van der Waals surface area contributed by atoms with Crippen molar-refractivity contribution in [1.82, 2.24) is 15.0 Å². The first-order chi connectivity index (χ1) is 13.4. The summed E-state index contributed by atoms with van der Waals surface area (Å²) in [5, 5.41) is 10.3. The first-order valence-corrected chi connectivity index (χ1v) is 11.1. The fraction of sp³-hybridized carbons (Fsp3) is 0.357. The van der Waals surface area contributed by atoms with Crippen LogP contribution in [0.2, 0.25) is 0 Å². The number of phosphoric ester groups is 2. The molecule has 15 heteroatoms. The predicted octanol–water partition coefficient (Wildman–Crippen LogP) is 0.721. The van der Waals surface area contributed by atoms with Crippen molar-refractivity contribution < 1.29 is 42.9 Å². The van der Waals surface area contributed by atoms with Gasteiger partial charge in [-0.15, -0.1) is 0 Å². The lowest BCUT2D eigenvalue weighted by molar-refractivity contribution is 0.188. The summed E-state index contributed by atoms with van der Waals surface area (Å²) < 4.78 is 30.9. The van der Waals surface area contributed by atoms with Crippen LogP contribution in [-0.2, 0) is 37.8 Å². The van der Waals surface area contributed by atoms with Gasteiger partial charge in [-0.25, -0.2) is 14.1 Å². The highest BCUT2D eigenvalue weighted by Gasteiger charge is 2.19. The monoisotopic (exact) mass is 450 g/mol. The molecule has 2 aromatic heterocycles. The number of aromatic nitrogens is 3. The van der Waals surface area contributed by atoms with E-state index in [2.05, 4.69) is 29.0 Å². The fourth-order valence-electron chi connectivity index (χ4n) is 2.24. The number of aryl methyl sites for hydroxylation is 1. The van der Waals surface area contributed by atoms with Gasteiger partial charge in [0.1, 0.15) is 5.75 Å². The van der Waals surface area contributed by atoms with Gasteiger partial charge in [-0.3, -0.25) is 19.0 Å². The number of hydrogen-bond acceptors (Lipinski definition) is 8. The topological polar surface area (TPSA) is 208 Å². The first kappa shape index (κ1) is 23.3. The van der Waals surface area contributed by atoms with Crippen LogP contribution in [0.3, 0.4) is 0 Å². The number of aromatic amines is 1. The molecule has 0 radical (unpaired) electrons. The van der Waals surface area contributed by atoms with Crippen LogP contribution in [0.5, 0.6) is 5.75 Å². The molecule has 0 aromatic carbocycles. The fourth-order valence-corrected chi connectivity index (χ4v) is 2.87. The maximum Gasteiger partial charge on any atom is 0.469 e.